The van der Waals surface area contributed by atoms with Crippen LogP contribution in [0.15, 0.2) is 36.7 Å². The van der Waals surface area contributed by atoms with Crippen molar-refractivity contribution in [1.29, 1.82) is 0 Å². The number of aliphatic hydroxyl groups excluding tert-OH is 1. The van der Waals surface area contributed by atoms with Crippen molar-refractivity contribution in [1.82, 2.24) is 14.9 Å². The van der Waals surface area contributed by atoms with Crippen LogP contribution in [0.25, 0.3) is 10.9 Å². The van der Waals surface area contributed by atoms with E-state index in [9.17, 15) is 14.3 Å². The average molecular weight is 447 g/mol. The maximum atomic E-state index is 14.3. The highest BCUT2D eigenvalue weighted by molar-refractivity contribution is 6.31. The third kappa shape index (κ3) is 4.19. The summed E-state index contributed by atoms with van der Waals surface area (Å²) in [4.78, 5) is 21.8. The Hall–Kier alpha value is -3.17. The second-order valence-electron chi connectivity index (χ2n) is 7.13. The van der Waals surface area contributed by atoms with Crippen molar-refractivity contribution in [3.8, 4) is 11.5 Å². The molecule has 1 fully saturated rings. The zero-order valence-corrected chi connectivity index (χ0v) is 17.6. The number of hydrogen-bond donors (Lipinski definition) is 2. The molecular weight excluding hydrogens is 427 g/mol. The third-order valence-corrected chi connectivity index (χ3v) is 5.23. The molecule has 1 aliphatic rings. The van der Waals surface area contributed by atoms with Crippen LogP contribution < -0.4 is 14.8 Å². The molecule has 2 N–H and O–H groups in total. The summed E-state index contributed by atoms with van der Waals surface area (Å²) < 4.78 is 25.7. The van der Waals surface area contributed by atoms with Gasteiger partial charge in [0, 0.05) is 11.5 Å². The number of anilines is 2. The lowest BCUT2D eigenvalue weighted by atomic mass is 10.1. The molecule has 0 aliphatic carbocycles. The molecule has 0 spiro atoms. The molecule has 0 saturated carbocycles. The Morgan fingerprint density at radius 3 is 2.81 bits per heavy atom. The summed E-state index contributed by atoms with van der Waals surface area (Å²) in [6.45, 7) is 2.18. The van der Waals surface area contributed by atoms with Crippen LogP contribution in [0.1, 0.15) is 6.92 Å². The van der Waals surface area contributed by atoms with Gasteiger partial charge < -0.3 is 24.8 Å². The molecule has 1 saturated heterocycles. The van der Waals surface area contributed by atoms with E-state index in [0.717, 1.165) is 0 Å². The number of methoxy groups -OCH3 is 1. The van der Waals surface area contributed by atoms with Gasteiger partial charge in [-0.05, 0) is 25.1 Å². The summed E-state index contributed by atoms with van der Waals surface area (Å²) in [6.07, 6.45) is 0.0904. The fourth-order valence-electron chi connectivity index (χ4n) is 3.28. The maximum Gasteiger partial charge on any atom is 0.251 e. The van der Waals surface area contributed by atoms with E-state index < -0.39 is 11.9 Å². The number of carbonyl (C=O) groups excluding carboxylic acids is 1. The number of hydrogen-bond acceptors (Lipinski definition) is 7. The fraction of sp³-hybridized carbons (Fsp3) is 0.286. The second kappa shape index (κ2) is 8.52. The lowest BCUT2D eigenvalue weighted by molar-refractivity contribution is -0.148. The minimum absolute atomic E-state index is 0.000226. The third-order valence-electron chi connectivity index (χ3n) is 4.94. The smallest absolute Gasteiger partial charge is 0.251 e. The van der Waals surface area contributed by atoms with Crippen molar-refractivity contribution in [2.45, 2.75) is 19.1 Å². The van der Waals surface area contributed by atoms with E-state index in [2.05, 4.69) is 15.3 Å². The van der Waals surface area contributed by atoms with Crippen LogP contribution in [-0.4, -0.2) is 58.3 Å². The van der Waals surface area contributed by atoms with Gasteiger partial charge >= 0.3 is 0 Å². The van der Waals surface area contributed by atoms with Crippen molar-refractivity contribution in [2.24, 2.45) is 0 Å². The van der Waals surface area contributed by atoms with Crippen LogP contribution in [0.3, 0.4) is 0 Å². The minimum Gasteiger partial charge on any atom is -0.493 e. The van der Waals surface area contributed by atoms with Gasteiger partial charge in [0.15, 0.2) is 17.3 Å². The van der Waals surface area contributed by atoms with Crippen molar-refractivity contribution in [2.75, 3.05) is 25.5 Å². The van der Waals surface area contributed by atoms with Gasteiger partial charge in [-0.15, -0.1) is 0 Å². The lowest BCUT2D eigenvalue weighted by Crippen LogP contribution is -2.58. The predicted octanol–water partition coefficient (Wildman–Crippen LogP) is 3.14. The standard InChI is InChI=1S/C21H20ClFN4O4/c1-11(28)21(29)27-8-12(9-27)31-18-7-16-13(6-17(18)30-2)20(25-10-24-16)26-15-5-3-4-14(22)19(15)23/h3-7,10-12,28H,8-9H2,1-2H3,(H,24,25,26)/t11-/m0/s1. The van der Waals surface area contributed by atoms with Crippen LogP contribution >= 0.6 is 11.6 Å². The highest BCUT2D eigenvalue weighted by Gasteiger charge is 2.34. The summed E-state index contributed by atoms with van der Waals surface area (Å²) >= 11 is 5.86. The molecule has 8 nitrogen and oxygen atoms in total. The molecular formula is C21H20ClFN4O4. The number of aromatic nitrogens is 2. The molecule has 0 bridgehead atoms. The molecule has 4 rings (SSSR count). The second-order valence-corrected chi connectivity index (χ2v) is 7.54. The Morgan fingerprint density at radius 2 is 2.10 bits per heavy atom. The first-order valence-corrected chi connectivity index (χ1v) is 9.92. The first kappa shape index (κ1) is 21.1. The Kier molecular flexibility index (Phi) is 5.79. The molecule has 1 atom stereocenters. The van der Waals surface area contributed by atoms with Gasteiger partial charge in [-0.3, -0.25) is 4.79 Å². The number of rotatable bonds is 6. The molecule has 1 aromatic heterocycles. The molecule has 0 unspecified atom stereocenters. The summed E-state index contributed by atoms with van der Waals surface area (Å²) in [5, 5.41) is 12.9. The molecule has 1 aliphatic heterocycles. The molecule has 1 amide bonds. The Bertz CT molecular complexity index is 1140. The number of ether oxygens (including phenoxy) is 2. The van der Waals surface area contributed by atoms with Gasteiger partial charge in [-0.25, -0.2) is 14.4 Å². The zero-order chi connectivity index (χ0) is 22.1. The van der Waals surface area contributed by atoms with Gasteiger partial charge in [-0.1, -0.05) is 17.7 Å². The number of benzene rings is 2. The summed E-state index contributed by atoms with van der Waals surface area (Å²) in [7, 11) is 1.51. The zero-order valence-electron chi connectivity index (χ0n) is 16.8. The highest BCUT2D eigenvalue weighted by Crippen LogP contribution is 2.36. The van der Waals surface area contributed by atoms with E-state index in [1.807, 2.05) is 0 Å². The number of fused-ring (bicyclic) bond motifs is 1. The number of nitrogens with one attached hydrogen (secondary N) is 1. The van der Waals surface area contributed by atoms with Crippen molar-refractivity contribution < 1.29 is 23.8 Å². The van der Waals surface area contributed by atoms with Gasteiger partial charge in [0.1, 0.15) is 24.4 Å². The van der Waals surface area contributed by atoms with Gasteiger partial charge in [0.25, 0.3) is 5.91 Å². The van der Waals surface area contributed by atoms with Crippen LogP contribution in [0, 0.1) is 5.82 Å². The Labute approximate surface area is 182 Å². The molecule has 0 radical (unpaired) electrons. The Balaban J connectivity index is 1.59. The van der Waals surface area contributed by atoms with E-state index in [0.29, 0.717) is 41.3 Å². The molecule has 10 heteroatoms. The maximum absolute atomic E-state index is 14.3. The quantitative estimate of drug-likeness (QED) is 0.600. The van der Waals surface area contributed by atoms with Crippen LogP contribution in [0.4, 0.5) is 15.9 Å². The average Bonchev–Trinajstić information content (AvgIpc) is 2.72. The van der Waals surface area contributed by atoms with E-state index in [-0.39, 0.29) is 22.7 Å². The lowest BCUT2D eigenvalue weighted by Gasteiger charge is -2.39. The van der Waals surface area contributed by atoms with Gasteiger partial charge in [0.2, 0.25) is 0 Å². The number of carbonyl (C=O) groups is 1. The normalized spacial score (nSPS) is 14.8. The SMILES string of the molecule is COc1cc2c(Nc3cccc(Cl)c3F)ncnc2cc1OC1CN(C(=O)[C@H](C)O)C1. The van der Waals surface area contributed by atoms with Crippen molar-refractivity contribution in [3.05, 3.63) is 47.5 Å². The predicted molar refractivity (Wildman–Crippen MR) is 113 cm³/mol. The summed E-state index contributed by atoms with van der Waals surface area (Å²) in [5.41, 5.74) is 0.746. The number of likely N-dealkylation sites (tertiary alicyclic amines) is 1. The number of amides is 1. The van der Waals surface area contributed by atoms with Gasteiger partial charge in [-0.2, -0.15) is 0 Å². The van der Waals surface area contributed by atoms with Gasteiger partial charge in [0.05, 0.1) is 36.4 Å². The highest BCUT2D eigenvalue weighted by atomic mass is 35.5. The van der Waals surface area contributed by atoms with E-state index >= 15 is 0 Å². The topological polar surface area (TPSA) is 96.8 Å². The van der Waals surface area contributed by atoms with E-state index in [1.54, 1.807) is 24.3 Å². The van der Waals surface area contributed by atoms with E-state index in [4.69, 9.17) is 21.1 Å². The monoisotopic (exact) mass is 446 g/mol. The molecule has 31 heavy (non-hydrogen) atoms. The Morgan fingerprint density at radius 1 is 1.32 bits per heavy atom. The number of halogens is 2. The van der Waals surface area contributed by atoms with Crippen molar-refractivity contribution >= 4 is 39.9 Å². The largest absolute Gasteiger partial charge is 0.493 e. The van der Waals surface area contributed by atoms with E-state index in [1.165, 1.54) is 31.3 Å². The number of aliphatic hydroxyl groups is 1. The minimum atomic E-state index is -1.04. The molecule has 3 aromatic rings. The first-order valence-electron chi connectivity index (χ1n) is 9.54. The number of nitrogens with zero attached hydrogens (tertiary/aromatic N) is 3. The summed E-state index contributed by atoms with van der Waals surface area (Å²) in [6, 6.07) is 8.05. The summed E-state index contributed by atoms with van der Waals surface area (Å²) in [5.74, 6) is 0.375. The molecule has 162 valence electrons. The fourth-order valence-corrected chi connectivity index (χ4v) is 3.45. The van der Waals surface area contributed by atoms with Crippen molar-refractivity contribution in [3.63, 3.8) is 0 Å². The van der Waals surface area contributed by atoms with Crippen LogP contribution in [-0.2, 0) is 4.79 Å². The van der Waals surface area contributed by atoms with Crippen LogP contribution in [0.2, 0.25) is 5.02 Å². The van der Waals surface area contributed by atoms with Crippen LogP contribution in [0.5, 0.6) is 11.5 Å². The first-order chi connectivity index (χ1) is 14.9. The molecule has 2 aromatic carbocycles. The molecule has 2 heterocycles.